The van der Waals surface area contributed by atoms with E-state index < -0.39 is 5.97 Å². The van der Waals surface area contributed by atoms with Crippen LogP contribution in [-0.2, 0) is 4.79 Å². The molecule has 0 aromatic heterocycles. The molecule has 16 heavy (non-hydrogen) atoms. The number of carboxylic acids is 1. The standard InChI is InChI=1S/C13H19NO2/c1-9(6-13(15)16)8-14-12-5-4-10(2)11(3)7-12/h4-5,7,9,14H,6,8H2,1-3H3,(H,15,16). The number of hydrogen-bond donors (Lipinski definition) is 2. The Morgan fingerprint density at radius 2 is 2.06 bits per heavy atom. The molecule has 1 aromatic carbocycles. The first kappa shape index (κ1) is 12.6. The van der Waals surface area contributed by atoms with Crippen LogP contribution >= 0.6 is 0 Å². The molecule has 1 aromatic rings. The largest absolute Gasteiger partial charge is 0.481 e. The van der Waals surface area contributed by atoms with Crippen molar-refractivity contribution in [2.24, 2.45) is 5.92 Å². The summed E-state index contributed by atoms with van der Waals surface area (Å²) in [5.41, 5.74) is 3.57. The normalized spacial score (nSPS) is 12.2. The van der Waals surface area contributed by atoms with Crippen molar-refractivity contribution in [2.75, 3.05) is 11.9 Å². The van der Waals surface area contributed by atoms with Crippen molar-refractivity contribution in [3.8, 4) is 0 Å². The highest BCUT2D eigenvalue weighted by Crippen LogP contribution is 2.15. The molecule has 2 N–H and O–H groups in total. The lowest BCUT2D eigenvalue weighted by atomic mass is 10.1. The van der Waals surface area contributed by atoms with Crippen molar-refractivity contribution < 1.29 is 9.90 Å². The van der Waals surface area contributed by atoms with Crippen molar-refractivity contribution in [3.05, 3.63) is 29.3 Å². The fourth-order valence-corrected chi connectivity index (χ4v) is 1.51. The zero-order chi connectivity index (χ0) is 12.1. The van der Waals surface area contributed by atoms with Crippen LogP contribution in [0.15, 0.2) is 18.2 Å². The number of aryl methyl sites for hydroxylation is 2. The van der Waals surface area contributed by atoms with Crippen LogP contribution in [-0.4, -0.2) is 17.6 Å². The first-order chi connectivity index (χ1) is 7.49. The van der Waals surface area contributed by atoms with E-state index in [9.17, 15) is 4.79 Å². The average molecular weight is 221 g/mol. The Labute approximate surface area is 96.5 Å². The number of carbonyl (C=O) groups is 1. The first-order valence-electron chi connectivity index (χ1n) is 5.52. The Bertz CT molecular complexity index is 374. The Hall–Kier alpha value is -1.51. The van der Waals surface area contributed by atoms with Gasteiger partial charge in [0.1, 0.15) is 0 Å². The van der Waals surface area contributed by atoms with E-state index in [2.05, 4.69) is 31.3 Å². The van der Waals surface area contributed by atoms with E-state index in [4.69, 9.17) is 5.11 Å². The fraction of sp³-hybridized carbons (Fsp3) is 0.462. The quantitative estimate of drug-likeness (QED) is 0.803. The lowest BCUT2D eigenvalue weighted by molar-refractivity contribution is -0.137. The predicted octanol–water partition coefficient (Wildman–Crippen LogP) is 2.83. The molecular formula is C13H19NO2. The number of rotatable bonds is 5. The van der Waals surface area contributed by atoms with Gasteiger partial charge in [-0.25, -0.2) is 0 Å². The summed E-state index contributed by atoms with van der Waals surface area (Å²) in [6.45, 7) is 6.77. The molecule has 0 amide bonds. The Morgan fingerprint density at radius 3 is 2.62 bits per heavy atom. The maximum Gasteiger partial charge on any atom is 0.303 e. The van der Waals surface area contributed by atoms with Gasteiger partial charge in [0.15, 0.2) is 0 Å². The molecule has 88 valence electrons. The second-order valence-electron chi connectivity index (χ2n) is 4.38. The lowest BCUT2D eigenvalue weighted by Crippen LogP contribution is -2.14. The number of anilines is 1. The van der Waals surface area contributed by atoms with Gasteiger partial charge < -0.3 is 10.4 Å². The Balaban J connectivity index is 2.48. The fourth-order valence-electron chi connectivity index (χ4n) is 1.51. The Kier molecular flexibility index (Phi) is 4.35. The summed E-state index contributed by atoms with van der Waals surface area (Å²) in [5.74, 6) is -0.603. The summed E-state index contributed by atoms with van der Waals surface area (Å²) in [7, 11) is 0. The van der Waals surface area contributed by atoms with Crippen LogP contribution in [0.1, 0.15) is 24.5 Å². The molecule has 0 aliphatic rings. The van der Waals surface area contributed by atoms with E-state index in [0.717, 1.165) is 5.69 Å². The van der Waals surface area contributed by atoms with E-state index in [0.29, 0.717) is 6.54 Å². The van der Waals surface area contributed by atoms with Gasteiger partial charge in [-0.1, -0.05) is 13.0 Å². The second kappa shape index (κ2) is 5.54. The van der Waals surface area contributed by atoms with Crippen molar-refractivity contribution in [3.63, 3.8) is 0 Å². The molecule has 1 atom stereocenters. The van der Waals surface area contributed by atoms with Crippen molar-refractivity contribution in [2.45, 2.75) is 27.2 Å². The third kappa shape index (κ3) is 3.93. The van der Waals surface area contributed by atoms with Gasteiger partial charge in [-0.2, -0.15) is 0 Å². The molecular weight excluding hydrogens is 202 g/mol. The molecule has 3 heteroatoms. The van der Waals surface area contributed by atoms with Gasteiger partial charge in [0.2, 0.25) is 0 Å². The van der Waals surface area contributed by atoms with Crippen LogP contribution in [0.4, 0.5) is 5.69 Å². The number of hydrogen-bond acceptors (Lipinski definition) is 2. The molecule has 1 rings (SSSR count). The van der Waals surface area contributed by atoms with Crippen molar-refractivity contribution in [1.82, 2.24) is 0 Å². The molecule has 0 aliphatic carbocycles. The van der Waals surface area contributed by atoms with Crippen LogP contribution in [0, 0.1) is 19.8 Å². The molecule has 0 heterocycles. The molecule has 3 nitrogen and oxygen atoms in total. The number of carboxylic acid groups (broad SMARTS) is 1. The summed E-state index contributed by atoms with van der Waals surface area (Å²) in [5, 5.41) is 11.9. The smallest absolute Gasteiger partial charge is 0.303 e. The van der Waals surface area contributed by atoms with Crippen LogP contribution in [0.3, 0.4) is 0 Å². The maximum atomic E-state index is 10.5. The SMILES string of the molecule is Cc1ccc(NCC(C)CC(=O)O)cc1C. The predicted molar refractivity (Wildman–Crippen MR) is 65.8 cm³/mol. The minimum absolute atomic E-state index is 0.138. The Morgan fingerprint density at radius 1 is 1.38 bits per heavy atom. The lowest BCUT2D eigenvalue weighted by Gasteiger charge is -2.12. The molecule has 0 saturated carbocycles. The topological polar surface area (TPSA) is 49.3 Å². The van der Waals surface area contributed by atoms with E-state index in [1.807, 2.05) is 13.0 Å². The summed E-state index contributed by atoms with van der Waals surface area (Å²) in [6.07, 6.45) is 0.206. The van der Waals surface area contributed by atoms with Gasteiger partial charge in [0, 0.05) is 18.7 Å². The first-order valence-corrected chi connectivity index (χ1v) is 5.52. The van der Waals surface area contributed by atoms with E-state index >= 15 is 0 Å². The molecule has 0 radical (unpaired) electrons. The number of nitrogens with one attached hydrogen (secondary N) is 1. The minimum atomic E-state index is -0.741. The molecule has 0 spiro atoms. The summed E-state index contributed by atoms with van der Waals surface area (Å²) >= 11 is 0. The van der Waals surface area contributed by atoms with Gasteiger partial charge in [0.25, 0.3) is 0 Å². The summed E-state index contributed by atoms with van der Waals surface area (Å²) < 4.78 is 0. The van der Waals surface area contributed by atoms with E-state index in [-0.39, 0.29) is 12.3 Å². The zero-order valence-electron chi connectivity index (χ0n) is 10.1. The molecule has 1 unspecified atom stereocenters. The maximum absolute atomic E-state index is 10.5. The summed E-state index contributed by atoms with van der Waals surface area (Å²) in [6, 6.07) is 6.18. The molecule has 0 fully saturated rings. The van der Waals surface area contributed by atoms with Gasteiger partial charge in [0.05, 0.1) is 0 Å². The van der Waals surface area contributed by atoms with Crippen molar-refractivity contribution >= 4 is 11.7 Å². The third-order valence-electron chi connectivity index (χ3n) is 2.68. The summed E-state index contributed by atoms with van der Waals surface area (Å²) in [4.78, 5) is 10.5. The van der Waals surface area contributed by atoms with Crippen LogP contribution in [0.2, 0.25) is 0 Å². The van der Waals surface area contributed by atoms with Gasteiger partial charge in [-0.15, -0.1) is 0 Å². The highest BCUT2D eigenvalue weighted by atomic mass is 16.4. The van der Waals surface area contributed by atoms with Crippen LogP contribution in [0.25, 0.3) is 0 Å². The highest BCUT2D eigenvalue weighted by molar-refractivity contribution is 5.67. The molecule has 0 bridgehead atoms. The highest BCUT2D eigenvalue weighted by Gasteiger charge is 2.07. The van der Waals surface area contributed by atoms with E-state index in [1.165, 1.54) is 11.1 Å². The van der Waals surface area contributed by atoms with E-state index in [1.54, 1.807) is 0 Å². The minimum Gasteiger partial charge on any atom is -0.481 e. The molecule has 0 aliphatic heterocycles. The zero-order valence-corrected chi connectivity index (χ0v) is 10.1. The second-order valence-corrected chi connectivity index (χ2v) is 4.38. The molecule has 0 saturated heterocycles. The number of aliphatic carboxylic acids is 1. The monoisotopic (exact) mass is 221 g/mol. The van der Waals surface area contributed by atoms with Crippen molar-refractivity contribution in [1.29, 1.82) is 0 Å². The van der Waals surface area contributed by atoms with Crippen LogP contribution in [0.5, 0.6) is 0 Å². The average Bonchev–Trinajstić information content (AvgIpc) is 2.19. The van der Waals surface area contributed by atoms with Gasteiger partial charge in [-0.3, -0.25) is 4.79 Å². The third-order valence-corrected chi connectivity index (χ3v) is 2.68. The van der Waals surface area contributed by atoms with Gasteiger partial charge in [-0.05, 0) is 43.0 Å². The van der Waals surface area contributed by atoms with Gasteiger partial charge >= 0.3 is 5.97 Å². The van der Waals surface area contributed by atoms with Crippen LogP contribution < -0.4 is 5.32 Å². The number of benzene rings is 1.